The van der Waals surface area contributed by atoms with E-state index in [0.29, 0.717) is 0 Å². The van der Waals surface area contributed by atoms with E-state index < -0.39 is 41.6 Å². The number of carbonyl (C=O) groups excluding carboxylic acids is 4. The van der Waals surface area contributed by atoms with Gasteiger partial charge in [-0.05, 0) is 38.8 Å². The Bertz CT molecular complexity index is 989. The monoisotopic (exact) mass is 483 g/mol. The van der Waals surface area contributed by atoms with E-state index in [0.717, 1.165) is 11.1 Å². The summed E-state index contributed by atoms with van der Waals surface area (Å²) >= 11 is 0. The number of benzene rings is 2. The Kier molecular flexibility index (Phi) is 10.3. The summed E-state index contributed by atoms with van der Waals surface area (Å²) in [5.41, 5.74) is 0.966. The van der Waals surface area contributed by atoms with Gasteiger partial charge in [0, 0.05) is 6.42 Å². The van der Waals surface area contributed by atoms with Crippen LogP contribution in [0.4, 0.5) is 4.79 Å². The van der Waals surface area contributed by atoms with Gasteiger partial charge in [0.25, 0.3) is 0 Å². The third-order valence-corrected chi connectivity index (χ3v) is 4.67. The highest BCUT2D eigenvalue weighted by molar-refractivity contribution is 5.91. The van der Waals surface area contributed by atoms with Crippen LogP contribution in [-0.4, -0.2) is 48.1 Å². The van der Waals surface area contributed by atoms with Crippen molar-refractivity contribution in [1.82, 2.24) is 16.0 Å². The molecule has 0 radical (unpaired) electrons. The summed E-state index contributed by atoms with van der Waals surface area (Å²) in [6.07, 6.45) is -0.519. The maximum atomic E-state index is 12.8. The third kappa shape index (κ3) is 10.7. The standard InChI is InChI=1S/C26H33N3O6/c1-18(28-22(30)16-27-25(33)35-26(2,3)4)23(31)29-21(15-19-11-7-5-8-12-19)24(32)34-17-20-13-9-6-10-14-20/h5-14,18,21H,15-17H2,1-4H3,(H,27,33)(H,28,30)(H,29,31)/t18-,21?/m1/s1. The normalized spacial score (nSPS) is 12.6. The van der Waals surface area contributed by atoms with E-state index in [1.165, 1.54) is 6.92 Å². The van der Waals surface area contributed by atoms with Crippen LogP contribution in [0.1, 0.15) is 38.8 Å². The fourth-order valence-electron chi connectivity index (χ4n) is 2.99. The second-order valence-electron chi connectivity index (χ2n) is 8.99. The Morgan fingerprint density at radius 3 is 2.00 bits per heavy atom. The van der Waals surface area contributed by atoms with Crippen molar-refractivity contribution in [3.05, 3.63) is 71.8 Å². The van der Waals surface area contributed by atoms with Crippen LogP contribution in [0.25, 0.3) is 0 Å². The lowest BCUT2D eigenvalue weighted by molar-refractivity contribution is -0.149. The molecule has 3 amide bonds. The topological polar surface area (TPSA) is 123 Å². The second-order valence-corrected chi connectivity index (χ2v) is 8.99. The van der Waals surface area contributed by atoms with Crippen LogP contribution in [0.15, 0.2) is 60.7 Å². The van der Waals surface area contributed by atoms with Crippen LogP contribution in [0.2, 0.25) is 0 Å². The van der Waals surface area contributed by atoms with Crippen LogP contribution in [0, 0.1) is 0 Å². The molecule has 9 nitrogen and oxygen atoms in total. The lowest BCUT2D eigenvalue weighted by atomic mass is 10.1. The molecule has 3 N–H and O–H groups in total. The van der Waals surface area contributed by atoms with Crippen LogP contribution < -0.4 is 16.0 Å². The van der Waals surface area contributed by atoms with Crippen molar-refractivity contribution in [3.63, 3.8) is 0 Å². The molecule has 35 heavy (non-hydrogen) atoms. The Morgan fingerprint density at radius 1 is 0.857 bits per heavy atom. The molecule has 2 rings (SSSR count). The Labute approximate surface area is 205 Å². The van der Waals surface area contributed by atoms with E-state index in [4.69, 9.17) is 9.47 Å². The molecular weight excluding hydrogens is 450 g/mol. The zero-order chi connectivity index (χ0) is 25.8. The average Bonchev–Trinajstić information content (AvgIpc) is 2.81. The smallest absolute Gasteiger partial charge is 0.408 e. The molecule has 0 saturated heterocycles. The predicted molar refractivity (Wildman–Crippen MR) is 130 cm³/mol. The fraction of sp³-hybridized carbons (Fsp3) is 0.385. The van der Waals surface area contributed by atoms with Crippen molar-refractivity contribution in [2.24, 2.45) is 0 Å². The molecule has 0 fully saturated rings. The first-order valence-corrected chi connectivity index (χ1v) is 11.3. The Balaban J connectivity index is 1.94. The molecule has 0 aliphatic rings. The highest BCUT2D eigenvalue weighted by Gasteiger charge is 2.26. The molecule has 9 heteroatoms. The number of alkyl carbamates (subject to hydrolysis) is 1. The molecule has 0 aliphatic carbocycles. The van der Waals surface area contributed by atoms with E-state index in [9.17, 15) is 19.2 Å². The van der Waals surface area contributed by atoms with Crippen LogP contribution >= 0.6 is 0 Å². The van der Waals surface area contributed by atoms with E-state index >= 15 is 0 Å². The quantitative estimate of drug-likeness (QED) is 0.446. The van der Waals surface area contributed by atoms with Gasteiger partial charge < -0.3 is 25.4 Å². The lowest BCUT2D eigenvalue weighted by Gasteiger charge is -2.21. The largest absolute Gasteiger partial charge is 0.459 e. The van der Waals surface area contributed by atoms with Gasteiger partial charge in [-0.1, -0.05) is 60.7 Å². The molecule has 0 saturated carbocycles. The number of carbonyl (C=O) groups is 4. The molecule has 188 valence electrons. The molecule has 0 spiro atoms. The van der Waals surface area contributed by atoms with Gasteiger partial charge in [0.15, 0.2) is 0 Å². The Hall–Kier alpha value is -3.88. The van der Waals surface area contributed by atoms with Gasteiger partial charge in [-0.2, -0.15) is 0 Å². The van der Waals surface area contributed by atoms with Gasteiger partial charge in [-0.15, -0.1) is 0 Å². The van der Waals surface area contributed by atoms with E-state index in [1.54, 1.807) is 20.8 Å². The van der Waals surface area contributed by atoms with Gasteiger partial charge >= 0.3 is 12.1 Å². The molecule has 0 aliphatic heterocycles. The summed E-state index contributed by atoms with van der Waals surface area (Å²) in [4.78, 5) is 49.4. The highest BCUT2D eigenvalue weighted by Crippen LogP contribution is 2.08. The van der Waals surface area contributed by atoms with Crippen LogP contribution in [-0.2, 0) is 36.9 Å². The van der Waals surface area contributed by atoms with E-state index in [-0.39, 0.29) is 19.6 Å². The number of hydrogen-bond donors (Lipinski definition) is 3. The third-order valence-electron chi connectivity index (χ3n) is 4.67. The summed E-state index contributed by atoms with van der Waals surface area (Å²) in [6.45, 7) is 6.31. The number of rotatable bonds is 10. The van der Waals surface area contributed by atoms with Crippen LogP contribution in [0.5, 0.6) is 0 Å². The SMILES string of the molecule is C[C@@H](NC(=O)CNC(=O)OC(C)(C)C)C(=O)NC(Cc1ccccc1)C(=O)OCc1ccccc1. The number of hydrogen-bond acceptors (Lipinski definition) is 6. The summed E-state index contributed by atoms with van der Waals surface area (Å²) < 4.78 is 10.5. The van der Waals surface area contributed by atoms with Gasteiger partial charge in [0.05, 0.1) is 0 Å². The minimum absolute atomic E-state index is 0.0729. The average molecular weight is 484 g/mol. The molecule has 2 aromatic carbocycles. The molecule has 2 atom stereocenters. The molecular formula is C26H33N3O6. The molecule has 2 aromatic rings. The minimum atomic E-state index is -0.955. The minimum Gasteiger partial charge on any atom is -0.459 e. The maximum Gasteiger partial charge on any atom is 0.408 e. The van der Waals surface area contributed by atoms with Gasteiger partial charge in [-0.3, -0.25) is 9.59 Å². The fourth-order valence-corrected chi connectivity index (χ4v) is 2.99. The van der Waals surface area contributed by atoms with Crippen molar-refractivity contribution < 1.29 is 28.7 Å². The summed E-state index contributed by atoms with van der Waals surface area (Å²) in [6, 6.07) is 16.5. The first-order chi connectivity index (χ1) is 16.5. The molecule has 0 bridgehead atoms. The summed E-state index contributed by atoms with van der Waals surface area (Å²) in [7, 11) is 0. The zero-order valence-electron chi connectivity index (χ0n) is 20.5. The Morgan fingerprint density at radius 2 is 1.43 bits per heavy atom. The first kappa shape index (κ1) is 27.4. The van der Waals surface area contributed by atoms with Crippen LogP contribution in [0.3, 0.4) is 0 Å². The molecule has 0 aromatic heterocycles. The van der Waals surface area contributed by atoms with Gasteiger partial charge in [0.1, 0.15) is 30.8 Å². The van der Waals surface area contributed by atoms with Crippen molar-refractivity contribution in [2.45, 2.75) is 58.4 Å². The number of ether oxygens (including phenoxy) is 2. The van der Waals surface area contributed by atoms with Crippen molar-refractivity contribution in [1.29, 1.82) is 0 Å². The van der Waals surface area contributed by atoms with Gasteiger partial charge in [0.2, 0.25) is 11.8 Å². The second kappa shape index (κ2) is 13.1. The van der Waals surface area contributed by atoms with Crippen molar-refractivity contribution in [2.75, 3.05) is 6.54 Å². The highest BCUT2D eigenvalue weighted by atomic mass is 16.6. The number of nitrogens with one attached hydrogen (secondary N) is 3. The summed E-state index contributed by atoms with van der Waals surface area (Å²) in [5.74, 6) is -1.73. The lowest BCUT2D eigenvalue weighted by Crippen LogP contribution is -2.52. The number of esters is 1. The van der Waals surface area contributed by atoms with E-state index in [1.807, 2.05) is 60.7 Å². The molecule has 1 unspecified atom stereocenters. The van der Waals surface area contributed by atoms with Crippen molar-refractivity contribution >= 4 is 23.9 Å². The number of amides is 3. The predicted octanol–water partition coefficient (Wildman–Crippen LogP) is 2.49. The zero-order valence-corrected chi connectivity index (χ0v) is 20.5. The van der Waals surface area contributed by atoms with Gasteiger partial charge in [-0.25, -0.2) is 9.59 Å². The maximum absolute atomic E-state index is 12.8. The summed E-state index contributed by atoms with van der Waals surface area (Å²) in [5, 5.41) is 7.48. The van der Waals surface area contributed by atoms with Crippen molar-refractivity contribution in [3.8, 4) is 0 Å². The first-order valence-electron chi connectivity index (χ1n) is 11.3. The van der Waals surface area contributed by atoms with E-state index in [2.05, 4.69) is 16.0 Å². The molecule has 0 heterocycles.